The van der Waals surface area contributed by atoms with E-state index in [9.17, 15) is 18.0 Å². The van der Waals surface area contributed by atoms with Crippen LogP contribution in [0.4, 0.5) is 5.69 Å². The van der Waals surface area contributed by atoms with Crippen molar-refractivity contribution in [1.29, 1.82) is 0 Å². The summed E-state index contributed by atoms with van der Waals surface area (Å²) in [6.45, 7) is 1.75. The van der Waals surface area contributed by atoms with Gasteiger partial charge >= 0.3 is 0 Å². The summed E-state index contributed by atoms with van der Waals surface area (Å²) in [4.78, 5) is 24.9. The lowest BCUT2D eigenvalue weighted by atomic mass is 10.2. The number of hydrogen-bond acceptors (Lipinski definition) is 6. The molecule has 7 nitrogen and oxygen atoms in total. The Morgan fingerprint density at radius 3 is 2.39 bits per heavy atom. The number of thioether (sulfide) groups is 1. The van der Waals surface area contributed by atoms with E-state index < -0.39 is 21.2 Å². The molecule has 0 aliphatic rings. The normalized spacial score (nSPS) is 12.0. The van der Waals surface area contributed by atoms with Crippen molar-refractivity contribution in [2.75, 3.05) is 4.72 Å². The number of benzene rings is 2. The number of rotatable bonds is 8. The number of carbonyl (C=O) groups excluding carboxylic acids is 2. The Labute approximate surface area is 189 Å². The third-order valence-corrected chi connectivity index (χ3v) is 8.16. The molecule has 162 valence electrons. The Morgan fingerprint density at radius 1 is 0.968 bits per heavy atom. The van der Waals surface area contributed by atoms with E-state index in [1.165, 1.54) is 30.0 Å². The molecule has 0 fully saturated rings. The van der Waals surface area contributed by atoms with E-state index in [0.29, 0.717) is 5.75 Å². The van der Waals surface area contributed by atoms with Crippen LogP contribution in [0.2, 0.25) is 0 Å². The molecule has 0 saturated carbocycles. The number of anilines is 1. The lowest BCUT2D eigenvalue weighted by molar-refractivity contribution is -0.121. The molecule has 0 radical (unpaired) electrons. The maximum absolute atomic E-state index is 12.6. The van der Waals surface area contributed by atoms with Crippen LogP contribution in [0.25, 0.3) is 0 Å². The number of para-hydroxylation sites is 1. The molecule has 3 rings (SSSR count). The summed E-state index contributed by atoms with van der Waals surface area (Å²) in [5.74, 6) is -0.319. The van der Waals surface area contributed by atoms with E-state index in [2.05, 4.69) is 15.6 Å². The first-order valence-electron chi connectivity index (χ1n) is 9.28. The summed E-state index contributed by atoms with van der Waals surface area (Å²) in [5.41, 5.74) is 6.06. The zero-order chi connectivity index (χ0) is 22.3. The van der Waals surface area contributed by atoms with E-state index >= 15 is 0 Å². The highest BCUT2D eigenvalue weighted by atomic mass is 32.2. The number of nitrogens with one attached hydrogen (secondary N) is 3. The zero-order valence-corrected chi connectivity index (χ0v) is 19.0. The molecule has 1 atom stereocenters. The van der Waals surface area contributed by atoms with Gasteiger partial charge in [-0.3, -0.25) is 25.2 Å². The lowest BCUT2D eigenvalue weighted by Crippen LogP contribution is -2.45. The maximum atomic E-state index is 12.6. The molecule has 1 unspecified atom stereocenters. The molecule has 0 bridgehead atoms. The SMILES string of the molecule is CC(SCc1ccccc1)C(=O)NNC(=O)c1ccccc1NS(=O)(=O)c1cccs1. The van der Waals surface area contributed by atoms with Crippen LogP contribution in [0.15, 0.2) is 76.3 Å². The molecule has 1 heterocycles. The highest BCUT2D eigenvalue weighted by Crippen LogP contribution is 2.23. The van der Waals surface area contributed by atoms with Gasteiger partial charge in [0.15, 0.2) is 0 Å². The molecule has 3 aromatic rings. The Morgan fingerprint density at radius 2 is 1.68 bits per heavy atom. The molecule has 0 aliphatic carbocycles. The number of amides is 2. The van der Waals surface area contributed by atoms with Crippen LogP contribution >= 0.6 is 23.1 Å². The first kappa shape index (κ1) is 22.9. The average molecular weight is 476 g/mol. The van der Waals surface area contributed by atoms with Crippen molar-refractivity contribution in [3.05, 3.63) is 83.2 Å². The van der Waals surface area contributed by atoms with Gasteiger partial charge < -0.3 is 0 Å². The van der Waals surface area contributed by atoms with Gasteiger partial charge in [-0.2, -0.15) is 0 Å². The molecular formula is C21H21N3O4S3. The predicted molar refractivity (Wildman–Crippen MR) is 124 cm³/mol. The summed E-state index contributed by atoms with van der Waals surface area (Å²) >= 11 is 2.51. The quantitative estimate of drug-likeness (QED) is 0.432. The first-order valence-corrected chi connectivity index (χ1v) is 12.7. The van der Waals surface area contributed by atoms with Gasteiger partial charge in [0.1, 0.15) is 4.21 Å². The van der Waals surface area contributed by atoms with Gasteiger partial charge in [0.05, 0.1) is 16.5 Å². The Hall–Kier alpha value is -2.82. The van der Waals surface area contributed by atoms with Crippen LogP contribution in [0, 0.1) is 0 Å². The summed E-state index contributed by atoms with van der Waals surface area (Å²) in [7, 11) is -3.81. The van der Waals surface area contributed by atoms with Crippen molar-refractivity contribution in [2.24, 2.45) is 0 Å². The van der Waals surface area contributed by atoms with Crippen molar-refractivity contribution in [3.8, 4) is 0 Å². The molecule has 0 aliphatic heterocycles. The number of hydrazine groups is 1. The molecule has 1 aromatic heterocycles. The fourth-order valence-corrected chi connectivity index (χ4v) is 5.46. The number of hydrogen-bond donors (Lipinski definition) is 3. The second kappa shape index (κ2) is 10.5. The largest absolute Gasteiger partial charge is 0.278 e. The average Bonchev–Trinajstić information content (AvgIpc) is 3.32. The minimum Gasteiger partial charge on any atom is -0.278 e. The smallest absolute Gasteiger partial charge is 0.271 e. The van der Waals surface area contributed by atoms with Gasteiger partial charge in [0.25, 0.3) is 21.8 Å². The van der Waals surface area contributed by atoms with Crippen LogP contribution in [0.1, 0.15) is 22.8 Å². The summed E-state index contributed by atoms with van der Waals surface area (Å²) in [6, 6.07) is 19.0. The van der Waals surface area contributed by atoms with E-state index in [-0.39, 0.29) is 21.4 Å². The second-order valence-corrected chi connectivity index (χ2v) is 10.7. The molecule has 3 N–H and O–H groups in total. The Kier molecular flexibility index (Phi) is 7.72. The van der Waals surface area contributed by atoms with Gasteiger partial charge in [0, 0.05) is 5.75 Å². The maximum Gasteiger partial charge on any atom is 0.271 e. The topological polar surface area (TPSA) is 104 Å². The van der Waals surface area contributed by atoms with Crippen molar-refractivity contribution in [3.63, 3.8) is 0 Å². The second-order valence-electron chi connectivity index (χ2n) is 6.47. The predicted octanol–water partition coefficient (Wildman–Crippen LogP) is 3.63. The Balaban J connectivity index is 1.59. The van der Waals surface area contributed by atoms with E-state index in [1.54, 1.807) is 30.5 Å². The van der Waals surface area contributed by atoms with Crippen molar-refractivity contribution in [2.45, 2.75) is 22.1 Å². The third kappa shape index (κ3) is 6.33. The summed E-state index contributed by atoms with van der Waals surface area (Å²) < 4.78 is 27.5. The highest BCUT2D eigenvalue weighted by Gasteiger charge is 2.20. The number of carbonyl (C=O) groups is 2. The van der Waals surface area contributed by atoms with Crippen LogP contribution < -0.4 is 15.6 Å². The van der Waals surface area contributed by atoms with Crippen LogP contribution in [-0.4, -0.2) is 25.5 Å². The zero-order valence-electron chi connectivity index (χ0n) is 16.6. The summed E-state index contributed by atoms with van der Waals surface area (Å²) in [6.07, 6.45) is 0. The monoisotopic (exact) mass is 475 g/mol. The van der Waals surface area contributed by atoms with Gasteiger partial charge in [-0.25, -0.2) is 8.42 Å². The van der Waals surface area contributed by atoms with Crippen molar-refractivity contribution in [1.82, 2.24) is 10.9 Å². The molecule has 31 heavy (non-hydrogen) atoms. The molecule has 0 spiro atoms. The van der Waals surface area contributed by atoms with E-state index in [1.807, 2.05) is 30.3 Å². The van der Waals surface area contributed by atoms with Crippen LogP contribution in [0.5, 0.6) is 0 Å². The Bertz CT molecular complexity index is 1130. The molecule has 2 amide bonds. The minimum absolute atomic E-state index is 0.0903. The first-order chi connectivity index (χ1) is 14.9. The standard InChI is InChI=1S/C21H21N3O4S3/c1-15(30-14-16-8-3-2-4-9-16)20(25)22-23-21(26)17-10-5-6-11-18(17)24-31(27,28)19-12-7-13-29-19/h2-13,15,24H,14H2,1H3,(H,22,25)(H,23,26). The fraction of sp³-hybridized carbons (Fsp3) is 0.143. The molecule has 0 saturated heterocycles. The van der Waals surface area contributed by atoms with Crippen molar-refractivity contribution < 1.29 is 18.0 Å². The van der Waals surface area contributed by atoms with Gasteiger partial charge in [0.2, 0.25) is 0 Å². The number of thiophene rings is 1. The minimum atomic E-state index is -3.81. The van der Waals surface area contributed by atoms with E-state index in [0.717, 1.165) is 16.9 Å². The van der Waals surface area contributed by atoms with Crippen LogP contribution in [-0.2, 0) is 20.6 Å². The van der Waals surface area contributed by atoms with Crippen LogP contribution in [0.3, 0.4) is 0 Å². The molecular weight excluding hydrogens is 454 g/mol. The highest BCUT2D eigenvalue weighted by molar-refractivity contribution is 7.99. The van der Waals surface area contributed by atoms with Gasteiger partial charge in [-0.15, -0.1) is 23.1 Å². The van der Waals surface area contributed by atoms with Gasteiger partial charge in [-0.05, 0) is 36.1 Å². The van der Waals surface area contributed by atoms with Gasteiger partial charge in [-0.1, -0.05) is 48.5 Å². The third-order valence-electron chi connectivity index (χ3n) is 4.19. The van der Waals surface area contributed by atoms with E-state index in [4.69, 9.17) is 0 Å². The summed E-state index contributed by atoms with van der Waals surface area (Å²) in [5, 5.41) is 1.26. The van der Waals surface area contributed by atoms with Crippen molar-refractivity contribution >= 4 is 50.6 Å². The molecule has 10 heteroatoms. The number of sulfonamides is 1. The molecule has 2 aromatic carbocycles. The lowest BCUT2D eigenvalue weighted by Gasteiger charge is -2.15. The fourth-order valence-electron chi connectivity index (χ4n) is 2.54.